The van der Waals surface area contributed by atoms with E-state index in [1.807, 2.05) is 0 Å². The van der Waals surface area contributed by atoms with Crippen molar-refractivity contribution in [1.82, 2.24) is 0 Å². The molecule has 148 valence electrons. The molecule has 0 saturated heterocycles. The third-order valence-electron chi connectivity index (χ3n) is 4.54. The molecule has 0 aromatic carbocycles. The molecule has 4 nitrogen and oxygen atoms in total. The van der Waals surface area contributed by atoms with E-state index in [9.17, 15) is 9.59 Å². The van der Waals surface area contributed by atoms with Crippen LogP contribution in [0.3, 0.4) is 0 Å². The van der Waals surface area contributed by atoms with Crippen molar-refractivity contribution in [2.24, 2.45) is 0 Å². The third kappa shape index (κ3) is 17.7. The molecule has 0 saturated carbocycles. The van der Waals surface area contributed by atoms with E-state index in [1.54, 1.807) is 0 Å². The Kier molecular flexibility index (Phi) is 17.3. The van der Waals surface area contributed by atoms with Crippen molar-refractivity contribution in [3.63, 3.8) is 0 Å². The molecule has 0 heterocycles. The number of rotatable bonds is 17. The summed E-state index contributed by atoms with van der Waals surface area (Å²) in [5.74, 6) is -1.38. The molecule has 0 amide bonds. The Morgan fingerprint density at radius 1 is 0.720 bits per heavy atom. The molecule has 0 aliphatic rings. The van der Waals surface area contributed by atoms with Crippen molar-refractivity contribution in [2.45, 2.75) is 123 Å². The number of esters is 2. The first kappa shape index (κ1) is 24.1. The van der Waals surface area contributed by atoms with Gasteiger partial charge < -0.3 is 9.84 Å². The summed E-state index contributed by atoms with van der Waals surface area (Å²) < 4.78 is 4.50. The lowest BCUT2D eigenvalue weighted by Crippen LogP contribution is -2.22. The third-order valence-corrected chi connectivity index (χ3v) is 4.54. The maximum Gasteiger partial charge on any atom is 0.342 e. The Morgan fingerprint density at radius 3 is 1.44 bits per heavy atom. The SMILES string of the molecule is CCCCCCCCCCCCCCCCCC(=O)OC(=O)C(C)O. The highest BCUT2D eigenvalue weighted by Crippen LogP contribution is 2.13. The summed E-state index contributed by atoms with van der Waals surface area (Å²) in [5.41, 5.74) is 0. The maximum absolute atomic E-state index is 11.3. The number of hydrogen-bond donors (Lipinski definition) is 1. The Balaban J connectivity index is 3.19. The van der Waals surface area contributed by atoms with E-state index in [4.69, 9.17) is 5.11 Å². The fraction of sp³-hybridized carbons (Fsp3) is 0.905. The van der Waals surface area contributed by atoms with Crippen molar-refractivity contribution in [3.8, 4) is 0 Å². The van der Waals surface area contributed by atoms with Crippen molar-refractivity contribution in [3.05, 3.63) is 0 Å². The molecule has 0 aliphatic heterocycles. The molecule has 25 heavy (non-hydrogen) atoms. The summed E-state index contributed by atoms with van der Waals surface area (Å²) in [4.78, 5) is 22.4. The van der Waals surface area contributed by atoms with Gasteiger partial charge in [0.15, 0.2) is 0 Å². The average molecular weight is 357 g/mol. The summed E-state index contributed by atoms with van der Waals surface area (Å²) in [7, 11) is 0. The lowest BCUT2D eigenvalue weighted by atomic mass is 10.0. The van der Waals surface area contributed by atoms with Gasteiger partial charge in [0.25, 0.3) is 0 Å². The predicted octanol–water partition coefficient (Wildman–Crippen LogP) is 5.70. The van der Waals surface area contributed by atoms with Crippen LogP contribution < -0.4 is 0 Å². The molecule has 4 heteroatoms. The summed E-state index contributed by atoms with van der Waals surface area (Å²) in [5, 5.41) is 8.95. The van der Waals surface area contributed by atoms with Crippen LogP contribution in [-0.4, -0.2) is 23.1 Å². The van der Waals surface area contributed by atoms with Gasteiger partial charge in [0.05, 0.1) is 0 Å². The van der Waals surface area contributed by atoms with Gasteiger partial charge in [-0.3, -0.25) is 4.79 Å². The van der Waals surface area contributed by atoms with E-state index in [0.717, 1.165) is 19.3 Å². The molecule has 1 atom stereocenters. The topological polar surface area (TPSA) is 63.6 Å². The van der Waals surface area contributed by atoms with Crippen LogP contribution in [0.2, 0.25) is 0 Å². The lowest BCUT2D eigenvalue weighted by molar-refractivity contribution is -0.165. The van der Waals surface area contributed by atoms with Gasteiger partial charge in [-0.1, -0.05) is 96.8 Å². The fourth-order valence-electron chi connectivity index (χ4n) is 2.89. The number of unbranched alkanes of at least 4 members (excludes halogenated alkanes) is 14. The Morgan fingerprint density at radius 2 is 1.08 bits per heavy atom. The minimum Gasteiger partial charge on any atom is -0.391 e. The van der Waals surface area contributed by atoms with E-state index in [0.29, 0.717) is 0 Å². The van der Waals surface area contributed by atoms with E-state index in [-0.39, 0.29) is 6.42 Å². The minimum absolute atomic E-state index is 0.261. The highest BCUT2D eigenvalue weighted by Gasteiger charge is 2.14. The number of carbonyl (C=O) groups is 2. The van der Waals surface area contributed by atoms with E-state index < -0.39 is 18.0 Å². The van der Waals surface area contributed by atoms with Crippen molar-refractivity contribution in [2.75, 3.05) is 0 Å². The van der Waals surface area contributed by atoms with Gasteiger partial charge in [0.1, 0.15) is 6.10 Å². The zero-order valence-corrected chi connectivity index (χ0v) is 16.6. The molecule has 0 spiro atoms. The van der Waals surface area contributed by atoms with Gasteiger partial charge in [-0.25, -0.2) is 4.79 Å². The number of ether oxygens (including phenoxy) is 1. The number of aliphatic hydroxyl groups is 1. The van der Waals surface area contributed by atoms with E-state index >= 15 is 0 Å². The maximum atomic E-state index is 11.3. The van der Waals surface area contributed by atoms with Gasteiger partial charge in [-0.15, -0.1) is 0 Å². The van der Waals surface area contributed by atoms with Crippen LogP contribution in [0.1, 0.15) is 117 Å². The monoisotopic (exact) mass is 356 g/mol. The van der Waals surface area contributed by atoms with Crippen LogP contribution >= 0.6 is 0 Å². The number of hydrogen-bond acceptors (Lipinski definition) is 4. The first-order valence-corrected chi connectivity index (χ1v) is 10.5. The fourth-order valence-corrected chi connectivity index (χ4v) is 2.89. The molecule has 0 radical (unpaired) electrons. The summed E-state index contributed by atoms with van der Waals surface area (Å²) in [6.45, 7) is 3.55. The largest absolute Gasteiger partial charge is 0.391 e. The van der Waals surface area contributed by atoms with Crippen LogP contribution in [0.4, 0.5) is 0 Å². The van der Waals surface area contributed by atoms with Crippen molar-refractivity contribution in [1.29, 1.82) is 0 Å². The Labute approximate surface area is 154 Å². The van der Waals surface area contributed by atoms with Gasteiger partial charge >= 0.3 is 11.9 Å². The molecule has 0 aromatic heterocycles. The van der Waals surface area contributed by atoms with Gasteiger partial charge in [0.2, 0.25) is 0 Å². The highest BCUT2D eigenvalue weighted by molar-refractivity contribution is 5.87. The molecule has 1 N–H and O–H groups in total. The van der Waals surface area contributed by atoms with Gasteiger partial charge in [-0.05, 0) is 13.3 Å². The summed E-state index contributed by atoms with van der Waals surface area (Å²) in [6.07, 6.45) is 18.2. The first-order chi connectivity index (χ1) is 12.1. The van der Waals surface area contributed by atoms with Crippen LogP contribution in [0.15, 0.2) is 0 Å². The summed E-state index contributed by atoms with van der Waals surface area (Å²) in [6, 6.07) is 0. The zero-order chi connectivity index (χ0) is 18.8. The average Bonchev–Trinajstić information content (AvgIpc) is 2.58. The smallest absolute Gasteiger partial charge is 0.342 e. The lowest BCUT2D eigenvalue weighted by Gasteiger charge is -2.05. The molecule has 0 aliphatic carbocycles. The van der Waals surface area contributed by atoms with Crippen LogP contribution in [0, 0.1) is 0 Å². The van der Waals surface area contributed by atoms with Crippen LogP contribution in [0.25, 0.3) is 0 Å². The number of carbonyl (C=O) groups excluding carboxylic acids is 2. The summed E-state index contributed by atoms with van der Waals surface area (Å²) >= 11 is 0. The molecule has 0 bridgehead atoms. The van der Waals surface area contributed by atoms with Crippen LogP contribution in [0.5, 0.6) is 0 Å². The second-order valence-corrected chi connectivity index (χ2v) is 7.17. The first-order valence-electron chi connectivity index (χ1n) is 10.5. The quantitative estimate of drug-likeness (QED) is 0.206. The Bertz CT molecular complexity index is 326. The molecule has 0 rings (SSSR count). The van der Waals surface area contributed by atoms with Gasteiger partial charge in [0, 0.05) is 6.42 Å². The molecule has 1 unspecified atom stereocenters. The second-order valence-electron chi connectivity index (χ2n) is 7.17. The molecular formula is C21H40O4. The molecule has 0 fully saturated rings. The van der Waals surface area contributed by atoms with E-state index in [1.165, 1.54) is 84.0 Å². The minimum atomic E-state index is -1.23. The molecular weight excluding hydrogens is 316 g/mol. The predicted molar refractivity (Wildman–Crippen MR) is 102 cm³/mol. The van der Waals surface area contributed by atoms with Gasteiger partial charge in [-0.2, -0.15) is 0 Å². The van der Waals surface area contributed by atoms with Crippen LogP contribution in [-0.2, 0) is 14.3 Å². The standard InChI is InChI=1S/C21H40O4/c1-3-4-5-6-7-8-9-10-11-12-13-14-15-16-17-18-20(23)25-21(24)19(2)22/h19,22H,3-18H2,1-2H3. The van der Waals surface area contributed by atoms with E-state index in [2.05, 4.69) is 11.7 Å². The molecule has 0 aromatic rings. The zero-order valence-electron chi connectivity index (χ0n) is 16.6. The normalized spacial score (nSPS) is 12.1. The Hall–Kier alpha value is -0.900. The number of aliphatic hydroxyl groups excluding tert-OH is 1. The highest BCUT2D eigenvalue weighted by atomic mass is 16.6. The van der Waals surface area contributed by atoms with Crippen molar-refractivity contribution < 1.29 is 19.4 Å². The van der Waals surface area contributed by atoms with Crippen molar-refractivity contribution >= 4 is 11.9 Å². The second kappa shape index (κ2) is 17.9.